The van der Waals surface area contributed by atoms with Gasteiger partial charge in [-0.1, -0.05) is 28.1 Å². The van der Waals surface area contributed by atoms with Gasteiger partial charge in [0.2, 0.25) is 0 Å². The molecule has 0 spiro atoms. The fourth-order valence-electron chi connectivity index (χ4n) is 1.70. The summed E-state index contributed by atoms with van der Waals surface area (Å²) in [5.74, 6) is 0. The van der Waals surface area contributed by atoms with E-state index in [9.17, 15) is 5.11 Å². The number of aliphatic hydroxyl groups excluding tert-OH is 1. The van der Waals surface area contributed by atoms with E-state index in [-0.39, 0.29) is 6.61 Å². The van der Waals surface area contributed by atoms with Crippen molar-refractivity contribution in [2.75, 3.05) is 0 Å². The monoisotopic (exact) mass is 270 g/mol. The van der Waals surface area contributed by atoms with E-state index in [1.807, 2.05) is 12.1 Å². The van der Waals surface area contributed by atoms with E-state index in [4.69, 9.17) is 0 Å². The number of thiophene rings is 1. The van der Waals surface area contributed by atoms with Crippen molar-refractivity contribution >= 4 is 37.4 Å². The van der Waals surface area contributed by atoms with E-state index >= 15 is 0 Å². The molecule has 0 bridgehead atoms. The van der Waals surface area contributed by atoms with E-state index in [2.05, 4.69) is 28.9 Å². The van der Waals surface area contributed by atoms with Crippen LogP contribution >= 0.6 is 27.3 Å². The normalized spacial score (nSPS) is 11.1. The highest BCUT2D eigenvalue weighted by atomic mass is 79.9. The molecule has 0 fully saturated rings. The summed E-state index contributed by atoms with van der Waals surface area (Å²) in [6.07, 6.45) is 0. The van der Waals surface area contributed by atoms with Gasteiger partial charge in [-0.15, -0.1) is 11.3 Å². The van der Waals surface area contributed by atoms with Crippen LogP contribution in [0.1, 0.15) is 16.0 Å². The van der Waals surface area contributed by atoms with Crippen molar-refractivity contribution in [3.63, 3.8) is 0 Å². The highest BCUT2D eigenvalue weighted by Gasteiger charge is 2.10. The van der Waals surface area contributed by atoms with Crippen molar-refractivity contribution in [1.82, 2.24) is 0 Å². The number of rotatable bonds is 2. The molecule has 0 amide bonds. The Labute approximate surface area is 95.5 Å². The molecule has 14 heavy (non-hydrogen) atoms. The minimum atomic E-state index is 0.119. The van der Waals surface area contributed by atoms with Crippen molar-refractivity contribution in [1.29, 1.82) is 0 Å². The summed E-state index contributed by atoms with van der Waals surface area (Å²) in [6, 6.07) is 6.10. The van der Waals surface area contributed by atoms with E-state index in [1.54, 1.807) is 11.3 Å². The van der Waals surface area contributed by atoms with E-state index in [1.165, 1.54) is 20.5 Å². The average molecular weight is 271 g/mol. The minimum absolute atomic E-state index is 0.119. The Morgan fingerprint density at radius 3 is 2.86 bits per heavy atom. The lowest BCUT2D eigenvalue weighted by molar-refractivity contribution is 0.283. The Hall–Kier alpha value is -0.380. The summed E-state index contributed by atoms with van der Waals surface area (Å²) < 4.78 is 1.27. The second kappa shape index (κ2) is 4.01. The molecule has 0 radical (unpaired) electrons. The molecule has 1 aromatic carbocycles. The molecule has 1 aromatic heterocycles. The molecule has 1 nitrogen and oxygen atoms in total. The van der Waals surface area contributed by atoms with Crippen LogP contribution in [0.5, 0.6) is 0 Å². The van der Waals surface area contributed by atoms with Crippen LogP contribution in [-0.2, 0) is 11.9 Å². The molecule has 0 aliphatic carbocycles. The molecular formula is C11H11BrOS. The number of fused-ring (bicyclic) bond motifs is 1. The number of aryl methyl sites for hydroxylation is 1. The summed E-state index contributed by atoms with van der Waals surface area (Å²) in [7, 11) is 0. The first-order valence-electron chi connectivity index (χ1n) is 4.44. The van der Waals surface area contributed by atoms with Gasteiger partial charge in [0.25, 0.3) is 0 Å². The zero-order valence-electron chi connectivity index (χ0n) is 7.88. The Morgan fingerprint density at radius 1 is 1.43 bits per heavy atom. The van der Waals surface area contributed by atoms with E-state index in [0.717, 1.165) is 10.9 Å². The first-order chi connectivity index (χ1) is 6.77. The van der Waals surface area contributed by atoms with Crippen LogP contribution < -0.4 is 0 Å². The van der Waals surface area contributed by atoms with Gasteiger partial charge in [0.05, 0.1) is 6.61 Å². The van der Waals surface area contributed by atoms with Crippen molar-refractivity contribution in [2.24, 2.45) is 0 Å². The van der Waals surface area contributed by atoms with Gasteiger partial charge in [0.1, 0.15) is 0 Å². The molecule has 2 aromatic rings. The molecule has 1 N–H and O–H groups in total. The molecule has 0 aliphatic rings. The topological polar surface area (TPSA) is 20.2 Å². The smallest absolute Gasteiger partial charge is 0.0688 e. The highest BCUT2D eigenvalue weighted by Crippen LogP contribution is 2.34. The largest absolute Gasteiger partial charge is 0.392 e. The number of benzene rings is 1. The number of halogens is 1. The maximum Gasteiger partial charge on any atom is 0.0688 e. The molecule has 0 atom stereocenters. The third kappa shape index (κ3) is 1.49. The fourth-order valence-corrected chi connectivity index (χ4v) is 3.72. The standard InChI is InChI=1S/C11H11BrOS/c1-7-9(5-12)11-8(6-13)3-2-4-10(11)14-7/h2-4,13H,5-6H2,1H3. The van der Waals surface area contributed by atoms with Crippen molar-refractivity contribution in [3.05, 3.63) is 34.2 Å². The maximum absolute atomic E-state index is 9.25. The molecule has 0 saturated heterocycles. The second-order valence-corrected chi connectivity index (χ2v) is 5.04. The lowest BCUT2D eigenvalue weighted by Gasteiger charge is -2.01. The lowest BCUT2D eigenvalue weighted by atomic mass is 10.1. The fraction of sp³-hybridized carbons (Fsp3) is 0.273. The van der Waals surface area contributed by atoms with Gasteiger partial charge in [0, 0.05) is 20.3 Å². The van der Waals surface area contributed by atoms with Gasteiger partial charge < -0.3 is 5.11 Å². The highest BCUT2D eigenvalue weighted by molar-refractivity contribution is 9.08. The summed E-state index contributed by atoms with van der Waals surface area (Å²) in [5, 5.41) is 11.3. The van der Waals surface area contributed by atoms with Gasteiger partial charge in [0.15, 0.2) is 0 Å². The van der Waals surface area contributed by atoms with Crippen LogP contribution in [0.25, 0.3) is 10.1 Å². The number of alkyl halides is 1. The first-order valence-corrected chi connectivity index (χ1v) is 6.38. The molecule has 1 heterocycles. The van der Waals surface area contributed by atoms with Gasteiger partial charge >= 0.3 is 0 Å². The molecule has 3 heteroatoms. The minimum Gasteiger partial charge on any atom is -0.392 e. The van der Waals surface area contributed by atoms with Gasteiger partial charge in [-0.3, -0.25) is 0 Å². The number of aliphatic hydroxyl groups is 1. The molecule has 0 saturated carbocycles. The molecule has 2 rings (SSSR count). The zero-order valence-corrected chi connectivity index (χ0v) is 10.3. The SMILES string of the molecule is Cc1sc2cccc(CO)c2c1CBr. The summed E-state index contributed by atoms with van der Waals surface area (Å²) >= 11 is 5.29. The van der Waals surface area contributed by atoms with Crippen LogP contribution in [0.3, 0.4) is 0 Å². The van der Waals surface area contributed by atoms with Crippen LogP contribution in [0, 0.1) is 6.92 Å². The molecule has 74 valence electrons. The predicted octanol–water partition coefficient (Wildman–Crippen LogP) is 3.60. The third-order valence-electron chi connectivity index (χ3n) is 2.41. The number of hydrogen-bond donors (Lipinski definition) is 1. The van der Waals surface area contributed by atoms with Crippen LogP contribution in [0.15, 0.2) is 18.2 Å². The Balaban J connectivity index is 2.82. The van der Waals surface area contributed by atoms with E-state index in [0.29, 0.717) is 0 Å². The lowest BCUT2D eigenvalue weighted by Crippen LogP contribution is -1.86. The van der Waals surface area contributed by atoms with Gasteiger partial charge in [-0.25, -0.2) is 0 Å². The molecular weight excluding hydrogens is 260 g/mol. The Morgan fingerprint density at radius 2 is 2.21 bits per heavy atom. The Kier molecular flexibility index (Phi) is 2.91. The third-order valence-corrected chi connectivity index (χ3v) is 4.08. The van der Waals surface area contributed by atoms with Crippen LogP contribution in [-0.4, -0.2) is 5.11 Å². The predicted molar refractivity (Wildman–Crippen MR) is 65.1 cm³/mol. The zero-order chi connectivity index (χ0) is 10.1. The van der Waals surface area contributed by atoms with Crippen LogP contribution in [0.2, 0.25) is 0 Å². The van der Waals surface area contributed by atoms with Crippen LogP contribution in [0.4, 0.5) is 0 Å². The van der Waals surface area contributed by atoms with E-state index < -0.39 is 0 Å². The number of hydrogen-bond acceptors (Lipinski definition) is 2. The van der Waals surface area contributed by atoms with Crippen molar-refractivity contribution < 1.29 is 5.11 Å². The van der Waals surface area contributed by atoms with Gasteiger partial charge in [-0.2, -0.15) is 0 Å². The first kappa shape index (κ1) is 10.1. The average Bonchev–Trinajstić information content (AvgIpc) is 2.52. The van der Waals surface area contributed by atoms with Gasteiger partial charge in [-0.05, 0) is 24.1 Å². The maximum atomic E-state index is 9.25. The summed E-state index contributed by atoms with van der Waals surface area (Å²) in [5.41, 5.74) is 2.34. The quantitative estimate of drug-likeness (QED) is 0.827. The Bertz CT molecular complexity index is 462. The van der Waals surface area contributed by atoms with Crippen molar-refractivity contribution in [2.45, 2.75) is 18.9 Å². The molecule has 0 aliphatic heterocycles. The summed E-state index contributed by atoms with van der Waals surface area (Å²) in [6.45, 7) is 2.25. The summed E-state index contributed by atoms with van der Waals surface area (Å²) in [4.78, 5) is 1.33. The van der Waals surface area contributed by atoms with Crippen molar-refractivity contribution in [3.8, 4) is 0 Å². The molecule has 0 unspecified atom stereocenters. The second-order valence-electron chi connectivity index (χ2n) is 3.22.